The Labute approximate surface area is 149 Å². The van der Waals surface area contributed by atoms with Crippen LogP contribution in [0.1, 0.15) is 18.4 Å². The molecule has 0 saturated carbocycles. The molecule has 0 atom stereocenters. The average Bonchev–Trinajstić information content (AvgIpc) is 2.63. The predicted octanol–water partition coefficient (Wildman–Crippen LogP) is 4.44. The molecule has 0 bridgehead atoms. The Kier molecular flexibility index (Phi) is 5.46. The van der Waals surface area contributed by atoms with Crippen molar-refractivity contribution in [1.82, 2.24) is 5.32 Å². The second-order valence-electron chi connectivity index (χ2n) is 6.17. The van der Waals surface area contributed by atoms with Gasteiger partial charge in [0.05, 0.1) is 5.56 Å². The molecule has 7 heteroatoms. The molecule has 0 spiro atoms. The first kappa shape index (κ1) is 18.3. The summed E-state index contributed by atoms with van der Waals surface area (Å²) in [7, 11) is 0. The number of ether oxygens (including phenoxy) is 1. The number of amides is 1. The minimum absolute atomic E-state index is 0.00251. The van der Waals surface area contributed by atoms with Gasteiger partial charge in [-0.3, -0.25) is 4.79 Å². The summed E-state index contributed by atoms with van der Waals surface area (Å²) in [5, 5.41) is 6.07. The molecule has 2 aromatic rings. The first-order valence-corrected chi connectivity index (χ1v) is 8.38. The highest BCUT2D eigenvalue weighted by atomic mass is 19.4. The Balaban J connectivity index is 1.62. The van der Waals surface area contributed by atoms with Gasteiger partial charge in [-0.15, -0.1) is 0 Å². The predicted molar refractivity (Wildman–Crippen MR) is 92.2 cm³/mol. The summed E-state index contributed by atoms with van der Waals surface area (Å²) in [4.78, 5) is 12.2. The van der Waals surface area contributed by atoms with Crippen LogP contribution in [0.5, 0.6) is 11.5 Å². The van der Waals surface area contributed by atoms with E-state index >= 15 is 0 Å². The number of halogens is 3. The van der Waals surface area contributed by atoms with E-state index in [2.05, 4.69) is 10.6 Å². The molecule has 0 unspecified atom stereocenters. The van der Waals surface area contributed by atoms with Gasteiger partial charge >= 0.3 is 6.18 Å². The summed E-state index contributed by atoms with van der Waals surface area (Å²) < 4.78 is 43.7. The average molecular weight is 364 g/mol. The number of hydrogen-bond donors (Lipinski definition) is 2. The molecule has 1 heterocycles. The first-order chi connectivity index (χ1) is 12.4. The zero-order valence-electron chi connectivity index (χ0n) is 14.0. The molecule has 1 aliphatic rings. The van der Waals surface area contributed by atoms with Gasteiger partial charge in [0.25, 0.3) is 0 Å². The Morgan fingerprint density at radius 2 is 1.73 bits per heavy atom. The van der Waals surface area contributed by atoms with Crippen molar-refractivity contribution in [3.63, 3.8) is 0 Å². The fourth-order valence-electron chi connectivity index (χ4n) is 2.81. The SMILES string of the molecule is O=C(Nc1ccc(Oc2cccc(C(F)(F)F)c2)cc1)C1CCNCC1. The molecular formula is C19H19F3N2O2. The minimum atomic E-state index is -4.41. The molecule has 1 aliphatic heterocycles. The van der Waals surface area contributed by atoms with Gasteiger partial charge in [0.1, 0.15) is 11.5 Å². The zero-order valence-corrected chi connectivity index (χ0v) is 14.0. The number of benzene rings is 2. The van der Waals surface area contributed by atoms with Gasteiger partial charge in [0, 0.05) is 11.6 Å². The van der Waals surface area contributed by atoms with E-state index in [4.69, 9.17) is 4.74 Å². The minimum Gasteiger partial charge on any atom is -0.457 e. The summed E-state index contributed by atoms with van der Waals surface area (Å²) in [5.41, 5.74) is -0.134. The van der Waals surface area contributed by atoms with Crippen molar-refractivity contribution in [3.8, 4) is 11.5 Å². The van der Waals surface area contributed by atoms with E-state index in [9.17, 15) is 18.0 Å². The van der Waals surface area contributed by atoms with Crippen molar-refractivity contribution in [1.29, 1.82) is 0 Å². The monoisotopic (exact) mass is 364 g/mol. The normalized spacial score (nSPS) is 15.5. The van der Waals surface area contributed by atoms with Crippen LogP contribution in [0.4, 0.5) is 18.9 Å². The highest BCUT2D eigenvalue weighted by Gasteiger charge is 2.30. The smallest absolute Gasteiger partial charge is 0.416 e. The maximum atomic E-state index is 12.7. The molecule has 1 saturated heterocycles. The zero-order chi connectivity index (χ0) is 18.6. The lowest BCUT2D eigenvalue weighted by atomic mass is 9.97. The van der Waals surface area contributed by atoms with Crippen LogP contribution in [0.15, 0.2) is 48.5 Å². The highest BCUT2D eigenvalue weighted by molar-refractivity contribution is 5.92. The van der Waals surface area contributed by atoms with Crippen LogP contribution in [0.25, 0.3) is 0 Å². The van der Waals surface area contributed by atoms with E-state index in [1.165, 1.54) is 12.1 Å². The molecule has 2 N–H and O–H groups in total. The third kappa shape index (κ3) is 4.76. The van der Waals surface area contributed by atoms with Crippen LogP contribution in [0.3, 0.4) is 0 Å². The number of anilines is 1. The lowest BCUT2D eigenvalue weighted by Gasteiger charge is -2.21. The van der Waals surface area contributed by atoms with Gasteiger partial charge in [0.15, 0.2) is 0 Å². The summed E-state index contributed by atoms with van der Waals surface area (Å²) in [6.07, 6.45) is -2.80. The van der Waals surface area contributed by atoms with Crippen molar-refractivity contribution in [2.45, 2.75) is 19.0 Å². The van der Waals surface area contributed by atoms with E-state index in [1.807, 2.05) is 0 Å². The van der Waals surface area contributed by atoms with Gasteiger partial charge in [-0.1, -0.05) is 6.07 Å². The van der Waals surface area contributed by atoms with Gasteiger partial charge in [0.2, 0.25) is 5.91 Å². The molecule has 2 aromatic carbocycles. The van der Waals surface area contributed by atoms with E-state index in [1.54, 1.807) is 24.3 Å². The number of hydrogen-bond acceptors (Lipinski definition) is 3. The maximum absolute atomic E-state index is 12.7. The van der Waals surface area contributed by atoms with E-state index in [-0.39, 0.29) is 17.6 Å². The first-order valence-electron chi connectivity index (χ1n) is 8.38. The molecule has 0 aromatic heterocycles. The van der Waals surface area contributed by atoms with Crippen LogP contribution >= 0.6 is 0 Å². The van der Waals surface area contributed by atoms with Crippen molar-refractivity contribution in [2.75, 3.05) is 18.4 Å². The molecule has 0 radical (unpaired) electrons. The summed E-state index contributed by atoms with van der Waals surface area (Å²) >= 11 is 0. The standard InChI is InChI=1S/C19H19F3N2O2/c20-19(21,22)14-2-1-3-17(12-14)26-16-6-4-15(5-7-16)24-18(25)13-8-10-23-11-9-13/h1-7,12-13,23H,8-11H2,(H,24,25). The van der Waals surface area contributed by atoms with Gasteiger partial charge in [-0.25, -0.2) is 0 Å². The number of piperidine rings is 1. The lowest BCUT2D eigenvalue weighted by Crippen LogP contribution is -2.34. The summed E-state index contributed by atoms with van der Waals surface area (Å²) in [6.45, 7) is 1.67. The second-order valence-corrected chi connectivity index (χ2v) is 6.17. The topological polar surface area (TPSA) is 50.4 Å². The molecule has 4 nitrogen and oxygen atoms in total. The van der Waals surface area contributed by atoms with Crippen molar-refractivity contribution in [2.24, 2.45) is 5.92 Å². The third-order valence-electron chi connectivity index (χ3n) is 4.23. The Hall–Kier alpha value is -2.54. The van der Waals surface area contributed by atoms with E-state index < -0.39 is 11.7 Å². The maximum Gasteiger partial charge on any atom is 0.416 e. The number of carbonyl (C=O) groups excluding carboxylic acids is 1. The van der Waals surface area contributed by atoms with Crippen LogP contribution in [0.2, 0.25) is 0 Å². The van der Waals surface area contributed by atoms with Crippen LogP contribution < -0.4 is 15.4 Å². The van der Waals surface area contributed by atoms with E-state index in [0.29, 0.717) is 11.4 Å². The van der Waals surface area contributed by atoms with Crippen LogP contribution in [0, 0.1) is 5.92 Å². The van der Waals surface area contributed by atoms with Crippen LogP contribution in [-0.4, -0.2) is 19.0 Å². The molecule has 26 heavy (non-hydrogen) atoms. The quantitative estimate of drug-likeness (QED) is 0.844. The Morgan fingerprint density at radius 1 is 1.04 bits per heavy atom. The molecular weight excluding hydrogens is 345 g/mol. The van der Waals surface area contributed by atoms with Gasteiger partial charge < -0.3 is 15.4 Å². The van der Waals surface area contributed by atoms with Crippen LogP contribution in [-0.2, 0) is 11.0 Å². The third-order valence-corrected chi connectivity index (χ3v) is 4.23. The van der Waals surface area contributed by atoms with Crippen molar-refractivity contribution < 1.29 is 22.7 Å². The number of carbonyl (C=O) groups is 1. The van der Waals surface area contributed by atoms with Crippen molar-refractivity contribution in [3.05, 3.63) is 54.1 Å². The lowest BCUT2D eigenvalue weighted by molar-refractivity contribution is -0.137. The molecule has 3 rings (SSSR count). The molecule has 0 aliphatic carbocycles. The summed E-state index contributed by atoms with van der Waals surface area (Å²) in [5.74, 6) is 0.478. The fourth-order valence-corrected chi connectivity index (χ4v) is 2.81. The van der Waals surface area contributed by atoms with E-state index in [0.717, 1.165) is 38.1 Å². The Bertz CT molecular complexity index is 754. The Morgan fingerprint density at radius 3 is 2.38 bits per heavy atom. The van der Waals surface area contributed by atoms with Crippen molar-refractivity contribution >= 4 is 11.6 Å². The van der Waals surface area contributed by atoms with Gasteiger partial charge in [-0.05, 0) is 68.4 Å². The fraction of sp³-hybridized carbons (Fsp3) is 0.316. The number of rotatable bonds is 4. The molecule has 1 amide bonds. The molecule has 138 valence electrons. The summed E-state index contributed by atoms with van der Waals surface area (Å²) in [6, 6.07) is 11.3. The number of alkyl halides is 3. The van der Waals surface area contributed by atoms with Gasteiger partial charge in [-0.2, -0.15) is 13.2 Å². The largest absolute Gasteiger partial charge is 0.457 e. The number of nitrogens with one attached hydrogen (secondary N) is 2. The molecule has 1 fully saturated rings. The second kappa shape index (κ2) is 7.78. The highest BCUT2D eigenvalue weighted by Crippen LogP contribution is 2.32.